The van der Waals surface area contributed by atoms with Crippen LogP contribution in [0.5, 0.6) is 11.5 Å². The Morgan fingerprint density at radius 3 is 2.37 bits per heavy atom. The number of rotatable bonds is 8. The van der Waals surface area contributed by atoms with Crippen LogP contribution >= 0.6 is 22.6 Å². The molecule has 3 aromatic rings. The van der Waals surface area contributed by atoms with Gasteiger partial charge in [0, 0.05) is 0 Å². The molecule has 0 amide bonds. The van der Waals surface area contributed by atoms with Crippen molar-refractivity contribution in [1.29, 1.82) is 0 Å². The Morgan fingerprint density at radius 2 is 1.67 bits per heavy atom. The summed E-state index contributed by atoms with van der Waals surface area (Å²) >= 11 is 2.27. The van der Waals surface area contributed by atoms with E-state index in [1.54, 1.807) is 6.21 Å². The van der Waals surface area contributed by atoms with Crippen molar-refractivity contribution in [1.82, 2.24) is 0 Å². The molecule has 0 aromatic heterocycles. The second-order valence-electron chi connectivity index (χ2n) is 5.77. The molecular weight excluding hydrogens is 451 g/mol. The van der Waals surface area contributed by atoms with Crippen molar-refractivity contribution in [3.8, 4) is 11.5 Å². The van der Waals surface area contributed by atoms with Crippen LogP contribution in [0.3, 0.4) is 0 Å². The van der Waals surface area contributed by atoms with Gasteiger partial charge in [-0.2, -0.15) is 5.10 Å². The summed E-state index contributed by atoms with van der Waals surface area (Å²) < 4.78 is 12.8. The van der Waals surface area contributed by atoms with Crippen LogP contribution in [-0.4, -0.2) is 12.8 Å². The average Bonchev–Trinajstić information content (AvgIpc) is 2.69. The van der Waals surface area contributed by atoms with E-state index in [9.17, 15) is 0 Å². The lowest BCUT2D eigenvalue weighted by Gasteiger charge is -2.14. The molecule has 138 valence electrons. The fourth-order valence-electron chi connectivity index (χ4n) is 2.49. The second-order valence-corrected chi connectivity index (χ2v) is 6.94. The van der Waals surface area contributed by atoms with E-state index in [-0.39, 0.29) is 0 Å². The van der Waals surface area contributed by atoms with Gasteiger partial charge in [0.2, 0.25) is 0 Å². The Hall–Kier alpha value is -2.54. The van der Waals surface area contributed by atoms with Gasteiger partial charge in [-0.1, -0.05) is 48.5 Å². The maximum Gasteiger partial charge on any atom is 0.175 e. The van der Waals surface area contributed by atoms with E-state index in [0.717, 1.165) is 31.9 Å². The van der Waals surface area contributed by atoms with Crippen LogP contribution in [0, 0.1) is 3.57 Å². The number of para-hydroxylation sites is 1. The Kier molecular flexibility index (Phi) is 7.10. The number of anilines is 1. The maximum atomic E-state index is 6.04. The number of benzene rings is 3. The summed E-state index contributed by atoms with van der Waals surface area (Å²) in [5.41, 5.74) is 6.02. The summed E-state index contributed by atoms with van der Waals surface area (Å²) in [4.78, 5) is 0. The van der Waals surface area contributed by atoms with E-state index in [1.807, 2.05) is 79.7 Å². The molecule has 0 atom stereocenters. The summed E-state index contributed by atoms with van der Waals surface area (Å²) in [5, 5.41) is 4.30. The second kappa shape index (κ2) is 9.97. The van der Waals surface area contributed by atoms with Gasteiger partial charge in [-0.25, -0.2) is 0 Å². The highest BCUT2D eigenvalue weighted by atomic mass is 127. The Labute approximate surface area is 173 Å². The van der Waals surface area contributed by atoms with Gasteiger partial charge in [-0.3, -0.25) is 5.43 Å². The molecule has 0 aliphatic rings. The minimum Gasteiger partial charge on any atom is -0.490 e. The summed E-state index contributed by atoms with van der Waals surface area (Å²) in [6.07, 6.45) is 1.78. The molecular formula is C22H21IN2O2. The molecule has 0 saturated heterocycles. The third-order valence-corrected chi connectivity index (χ3v) is 4.54. The van der Waals surface area contributed by atoms with Crippen molar-refractivity contribution in [3.05, 3.63) is 87.5 Å². The first-order valence-electron chi connectivity index (χ1n) is 8.73. The quantitative estimate of drug-likeness (QED) is 0.259. The van der Waals surface area contributed by atoms with Gasteiger partial charge in [0.25, 0.3) is 0 Å². The van der Waals surface area contributed by atoms with Crippen LogP contribution in [0.4, 0.5) is 5.69 Å². The first-order chi connectivity index (χ1) is 13.3. The molecule has 0 saturated carbocycles. The first kappa shape index (κ1) is 19.2. The lowest BCUT2D eigenvalue weighted by atomic mass is 10.2. The Bertz CT molecular complexity index is 884. The molecule has 0 heterocycles. The first-order valence-corrected chi connectivity index (χ1v) is 9.81. The van der Waals surface area contributed by atoms with Gasteiger partial charge < -0.3 is 9.47 Å². The minimum absolute atomic E-state index is 0.500. The standard InChI is InChI=1S/C22H21IN2O2/c1-2-26-21-14-18(15-24-25-19-11-7-4-8-12-19)13-20(23)22(21)27-16-17-9-5-3-6-10-17/h3-15,25H,2,16H2,1H3. The largest absolute Gasteiger partial charge is 0.490 e. The number of ether oxygens (including phenoxy) is 2. The van der Waals surface area contributed by atoms with Gasteiger partial charge in [-0.15, -0.1) is 0 Å². The average molecular weight is 472 g/mol. The van der Waals surface area contributed by atoms with Crippen LogP contribution < -0.4 is 14.9 Å². The van der Waals surface area contributed by atoms with Gasteiger partial charge in [0.05, 0.1) is 22.1 Å². The van der Waals surface area contributed by atoms with Crippen molar-refractivity contribution in [2.45, 2.75) is 13.5 Å². The highest BCUT2D eigenvalue weighted by molar-refractivity contribution is 14.1. The van der Waals surface area contributed by atoms with Crippen LogP contribution in [0.25, 0.3) is 0 Å². The molecule has 0 aliphatic heterocycles. The van der Waals surface area contributed by atoms with Crippen LogP contribution in [-0.2, 0) is 6.61 Å². The number of nitrogens with zero attached hydrogens (tertiary/aromatic N) is 1. The molecule has 4 nitrogen and oxygen atoms in total. The zero-order chi connectivity index (χ0) is 18.9. The topological polar surface area (TPSA) is 42.8 Å². The molecule has 0 aliphatic carbocycles. The van der Waals surface area contributed by atoms with E-state index in [0.29, 0.717) is 13.2 Å². The zero-order valence-corrected chi connectivity index (χ0v) is 17.2. The smallest absolute Gasteiger partial charge is 0.175 e. The summed E-state index contributed by atoms with van der Waals surface area (Å²) in [6.45, 7) is 3.03. The van der Waals surface area contributed by atoms with Gasteiger partial charge in [-0.05, 0) is 64.9 Å². The summed E-state index contributed by atoms with van der Waals surface area (Å²) in [5.74, 6) is 1.48. The van der Waals surface area contributed by atoms with Crippen molar-refractivity contribution in [2.24, 2.45) is 5.10 Å². The van der Waals surface area contributed by atoms with Crippen molar-refractivity contribution < 1.29 is 9.47 Å². The maximum absolute atomic E-state index is 6.04. The molecule has 1 N–H and O–H groups in total. The number of hydrogen-bond acceptors (Lipinski definition) is 4. The third-order valence-electron chi connectivity index (χ3n) is 3.74. The zero-order valence-electron chi connectivity index (χ0n) is 15.1. The fraction of sp³-hybridized carbons (Fsp3) is 0.136. The molecule has 0 spiro atoms. The SMILES string of the molecule is CCOc1cc(C=NNc2ccccc2)cc(I)c1OCc1ccccc1. The molecule has 0 unspecified atom stereocenters. The highest BCUT2D eigenvalue weighted by Gasteiger charge is 2.12. The Morgan fingerprint density at radius 1 is 0.963 bits per heavy atom. The molecule has 5 heteroatoms. The van der Waals surface area contributed by atoms with Crippen LogP contribution in [0.15, 0.2) is 77.9 Å². The molecule has 0 radical (unpaired) electrons. The van der Waals surface area contributed by atoms with Gasteiger partial charge in [0.15, 0.2) is 11.5 Å². The molecule has 3 aromatic carbocycles. The number of hydrazone groups is 1. The molecule has 0 fully saturated rings. The molecule has 0 bridgehead atoms. The van der Waals surface area contributed by atoms with Crippen LogP contribution in [0.2, 0.25) is 0 Å². The van der Waals surface area contributed by atoms with E-state index in [4.69, 9.17) is 9.47 Å². The molecule has 3 rings (SSSR count). The van der Waals surface area contributed by atoms with Crippen molar-refractivity contribution in [3.63, 3.8) is 0 Å². The summed E-state index contributed by atoms with van der Waals surface area (Å²) in [6, 6.07) is 23.9. The lowest BCUT2D eigenvalue weighted by molar-refractivity contribution is 0.267. The van der Waals surface area contributed by atoms with E-state index < -0.39 is 0 Å². The monoisotopic (exact) mass is 472 g/mol. The predicted octanol–water partition coefficient (Wildman–Crippen LogP) is 5.71. The van der Waals surface area contributed by atoms with E-state index in [1.165, 1.54) is 0 Å². The number of halogens is 1. The van der Waals surface area contributed by atoms with E-state index in [2.05, 4.69) is 33.1 Å². The van der Waals surface area contributed by atoms with Crippen molar-refractivity contribution in [2.75, 3.05) is 12.0 Å². The van der Waals surface area contributed by atoms with Crippen LogP contribution in [0.1, 0.15) is 18.1 Å². The lowest BCUT2D eigenvalue weighted by Crippen LogP contribution is -2.02. The predicted molar refractivity (Wildman–Crippen MR) is 119 cm³/mol. The molecule has 27 heavy (non-hydrogen) atoms. The highest BCUT2D eigenvalue weighted by Crippen LogP contribution is 2.34. The van der Waals surface area contributed by atoms with Gasteiger partial charge in [0.1, 0.15) is 6.61 Å². The number of hydrogen-bond donors (Lipinski definition) is 1. The third kappa shape index (κ3) is 5.72. The van der Waals surface area contributed by atoms with Gasteiger partial charge >= 0.3 is 0 Å². The minimum atomic E-state index is 0.500. The normalized spacial score (nSPS) is 10.7. The summed E-state index contributed by atoms with van der Waals surface area (Å²) in [7, 11) is 0. The van der Waals surface area contributed by atoms with E-state index >= 15 is 0 Å². The fourth-order valence-corrected chi connectivity index (χ4v) is 3.27. The number of nitrogens with one attached hydrogen (secondary N) is 1. The van der Waals surface area contributed by atoms with Crippen molar-refractivity contribution >= 4 is 34.5 Å². The Balaban J connectivity index is 1.75.